The highest BCUT2D eigenvalue weighted by molar-refractivity contribution is 7.10. The van der Waals surface area contributed by atoms with Crippen LogP contribution in [0.2, 0.25) is 0 Å². The maximum absolute atomic E-state index is 12.4. The molecule has 0 saturated heterocycles. The van der Waals surface area contributed by atoms with E-state index in [0.717, 1.165) is 6.42 Å². The van der Waals surface area contributed by atoms with Crippen LogP contribution >= 0.6 is 11.3 Å². The lowest BCUT2D eigenvalue weighted by Gasteiger charge is -2.29. The second kappa shape index (κ2) is 8.45. The fourth-order valence-corrected chi connectivity index (χ4v) is 4.42. The van der Waals surface area contributed by atoms with Gasteiger partial charge < -0.3 is 10.6 Å². The molecule has 24 heavy (non-hydrogen) atoms. The molecule has 1 heterocycles. The van der Waals surface area contributed by atoms with Crippen LogP contribution in [0.5, 0.6) is 0 Å². The molecule has 2 aromatic rings. The van der Waals surface area contributed by atoms with Gasteiger partial charge >= 0.3 is 0 Å². The van der Waals surface area contributed by atoms with Gasteiger partial charge in [0.05, 0.1) is 4.88 Å². The third kappa shape index (κ3) is 4.46. The van der Waals surface area contributed by atoms with Crippen LogP contribution in [-0.2, 0) is 4.79 Å². The minimum absolute atomic E-state index is 0.159. The molecule has 1 aromatic carbocycles. The molecule has 1 amide bonds. The second-order valence-corrected chi connectivity index (χ2v) is 7.76. The molecule has 1 aromatic heterocycles. The molecule has 1 fully saturated rings. The summed E-state index contributed by atoms with van der Waals surface area (Å²) in [6, 6.07) is 15.2. The fraction of sp³-hybridized carbons (Fsp3) is 0.450. The van der Waals surface area contributed by atoms with Crippen molar-refractivity contribution in [1.82, 2.24) is 5.32 Å². The second-order valence-electron chi connectivity index (χ2n) is 6.78. The van der Waals surface area contributed by atoms with E-state index in [2.05, 4.69) is 59.3 Å². The molecule has 4 heteroatoms. The molecule has 1 aliphatic rings. The van der Waals surface area contributed by atoms with Gasteiger partial charge in [0.25, 0.3) is 5.91 Å². The summed E-state index contributed by atoms with van der Waals surface area (Å²) in [5, 5.41) is 7.51. The van der Waals surface area contributed by atoms with Crippen molar-refractivity contribution in [1.29, 1.82) is 0 Å². The van der Waals surface area contributed by atoms with Gasteiger partial charge in [-0.15, -0.1) is 11.3 Å². The van der Waals surface area contributed by atoms with Gasteiger partial charge in [0.1, 0.15) is 6.04 Å². The maximum Gasteiger partial charge on any atom is 0.275 e. The molecule has 0 aliphatic heterocycles. The Hall–Kier alpha value is -1.65. The largest absolute Gasteiger partial charge is 0.348 e. The Morgan fingerprint density at radius 1 is 1.21 bits per heavy atom. The summed E-state index contributed by atoms with van der Waals surface area (Å²) >= 11 is 1.75. The number of nitrogens with two attached hydrogens (primary N) is 1. The van der Waals surface area contributed by atoms with Gasteiger partial charge in [-0.1, -0.05) is 56.2 Å². The van der Waals surface area contributed by atoms with Crippen LogP contribution in [0.25, 0.3) is 0 Å². The molecule has 3 nitrogen and oxygen atoms in total. The van der Waals surface area contributed by atoms with Crippen LogP contribution < -0.4 is 10.6 Å². The minimum atomic E-state index is 0.159. The topological polar surface area (TPSA) is 45.7 Å². The molecule has 0 spiro atoms. The first-order valence-corrected chi connectivity index (χ1v) is 9.83. The summed E-state index contributed by atoms with van der Waals surface area (Å²) < 4.78 is 0. The Morgan fingerprint density at radius 3 is 2.71 bits per heavy atom. The van der Waals surface area contributed by atoms with Crippen molar-refractivity contribution in [2.45, 2.75) is 44.7 Å². The van der Waals surface area contributed by atoms with Gasteiger partial charge in [-0.25, -0.2) is 0 Å². The van der Waals surface area contributed by atoms with Crippen LogP contribution in [0.3, 0.4) is 0 Å². The summed E-state index contributed by atoms with van der Waals surface area (Å²) in [5.41, 5.74) is 1.25. The van der Waals surface area contributed by atoms with E-state index in [1.165, 1.54) is 29.7 Å². The number of amides is 1. The number of thiophene rings is 1. The lowest BCUT2D eigenvalue weighted by atomic mass is 9.86. The number of hydrogen-bond donors (Lipinski definition) is 2. The van der Waals surface area contributed by atoms with Crippen molar-refractivity contribution in [3.63, 3.8) is 0 Å². The van der Waals surface area contributed by atoms with E-state index in [1.807, 2.05) is 6.07 Å². The van der Waals surface area contributed by atoms with E-state index in [9.17, 15) is 4.79 Å². The molecule has 1 aliphatic carbocycles. The molecule has 0 bridgehead atoms. The zero-order chi connectivity index (χ0) is 16.8. The summed E-state index contributed by atoms with van der Waals surface area (Å²) in [7, 11) is 0. The third-order valence-electron chi connectivity index (χ3n) is 5.01. The molecule has 3 atom stereocenters. The van der Waals surface area contributed by atoms with E-state index in [0.29, 0.717) is 18.5 Å². The Kier molecular flexibility index (Phi) is 6.05. The minimum Gasteiger partial charge on any atom is -0.348 e. The van der Waals surface area contributed by atoms with Gasteiger partial charge in [0, 0.05) is 11.6 Å². The van der Waals surface area contributed by atoms with Crippen LogP contribution in [0.15, 0.2) is 47.8 Å². The van der Waals surface area contributed by atoms with E-state index in [4.69, 9.17) is 0 Å². The Morgan fingerprint density at radius 2 is 2.00 bits per heavy atom. The fourth-order valence-electron chi connectivity index (χ4n) is 3.57. The van der Waals surface area contributed by atoms with E-state index in [-0.39, 0.29) is 11.9 Å². The summed E-state index contributed by atoms with van der Waals surface area (Å²) in [6.07, 6.45) is 4.89. The Bertz CT molecular complexity index is 626. The van der Waals surface area contributed by atoms with Crippen molar-refractivity contribution in [2.75, 3.05) is 6.54 Å². The Balaban J connectivity index is 1.60. The molecule has 3 rings (SSSR count). The number of hydrogen-bond acceptors (Lipinski definition) is 2. The Labute approximate surface area is 148 Å². The number of nitrogens with one attached hydrogen (secondary N) is 1. The van der Waals surface area contributed by atoms with Gasteiger partial charge in [0.15, 0.2) is 6.54 Å². The van der Waals surface area contributed by atoms with Crippen LogP contribution in [0.4, 0.5) is 0 Å². The SMILES string of the molecule is C[C@H]1CCCC[C@@H]1NC(=O)C[NH2+][C@@H](c1ccccc1)c1cccs1. The van der Waals surface area contributed by atoms with Crippen LogP contribution in [-0.4, -0.2) is 18.5 Å². The lowest BCUT2D eigenvalue weighted by molar-refractivity contribution is -0.676. The lowest BCUT2D eigenvalue weighted by Crippen LogP contribution is -2.87. The molecule has 0 radical (unpaired) electrons. The summed E-state index contributed by atoms with van der Waals surface area (Å²) in [6.45, 7) is 2.73. The van der Waals surface area contributed by atoms with Crippen molar-refractivity contribution in [3.8, 4) is 0 Å². The van der Waals surface area contributed by atoms with Crippen molar-refractivity contribution in [3.05, 3.63) is 58.3 Å². The predicted molar refractivity (Wildman–Crippen MR) is 99.0 cm³/mol. The quantitative estimate of drug-likeness (QED) is 0.832. The maximum atomic E-state index is 12.4. The van der Waals surface area contributed by atoms with Crippen molar-refractivity contribution >= 4 is 17.2 Å². The smallest absolute Gasteiger partial charge is 0.275 e. The number of carbonyl (C=O) groups excluding carboxylic acids is 1. The molecular weight excluding hydrogens is 316 g/mol. The average molecular weight is 344 g/mol. The molecular formula is C20H27N2OS+. The van der Waals surface area contributed by atoms with Crippen LogP contribution in [0, 0.1) is 5.92 Å². The molecule has 128 valence electrons. The standard InChI is InChI=1S/C20H26N2OS/c1-15-8-5-6-11-17(15)22-19(23)14-21-20(18-12-7-13-24-18)16-9-3-2-4-10-16/h2-4,7,9-10,12-13,15,17,20-21H,5-6,8,11,14H2,1H3,(H,22,23)/p+1/t15-,17-,20-/m0/s1. The molecule has 0 unspecified atom stereocenters. The number of rotatable bonds is 6. The van der Waals surface area contributed by atoms with E-state index >= 15 is 0 Å². The third-order valence-corrected chi connectivity index (χ3v) is 5.96. The first kappa shape index (κ1) is 17.2. The highest BCUT2D eigenvalue weighted by Gasteiger charge is 2.24. The highest BCUT2D eigenvalue weighted by Crippen LogP contribution is 2.24. The normalized spacial score (nSPS) is 22.0. The first-order chi connectivity index (χ1) is 11.7. The van der Waals surface area contributed by atoms with Gasteiger partial charge in [-0.2, -0.15) is 0 Å². The van der Waals surface area contributed by atoms with Gasteiger partial charge in [0.2, 0.25) is 0 Å². The number of benzene rings is 1. The average Bonchev–Trinajstić information content (AvgIpc) is 3.12. The number of quaternary nitrogens is 1. The van der Waals surface area contributed by atoms with E-state index < -0.39 is 0 Å². The van der Waals surface area contributed by atoms with Crippen LogP contribution in [0.1, 0.15) is 49.1 Å². The molecule has 3 N–H and O–H groups in total. The highest BCUT2D eigenvalue weighted by atomic mass is 32.1. The van der Waals surface area contributed by atoms with Gasteiger partial charge in [-0.05, 0) is 30.2 Å². The van der Waals surface area contributed by atoms with E-state index in [1.54, 1.807) is 11.3 Å². The predicted octanol–water partition coefficient (Wildman–Crippen LogP) is 3.10. The van der Waals surface area contributed by atoms with Crippen molar-refractivity contribution < 1.29 is 10.1 Å². The summed E-state index contributed by atoms with van der Waals surface area (Å²) in [4.78, 5) is 13.7. The zero-order valence-electron chi connectivity index (χ0n) is 14.3. The summed E-state index contributed by atoms with van der Waals surface area (Å²) in [5.74, 6) is 0.760. The first-order valence-electron chi connectivity index (χ1n) is 8.95. The molecule has 1 saturated carbocycles. The zero-order valence-corrected chi connectivity index (χ0v) is 15.1. The monoisotopic (exact) mass is 343 g/mol. The van der Waals surface area contributed by atoms with Gasteiger partial charge in [-0.3, -0.25) is 4.79 Å². The van der Waals surface area contributed by atoms with Crippen molar-refractivity contribution in [2.24, 2.45) is 5.92 Å². The number of carbonyl (C=O) groups is 1.